The Morgan fingerprint density at radius 3 is 2.57 bits per heavy atom. The summed E-state index contributed by atoms with van der Waals surface area (Å²) in [6.07, 6.45) is 7.98. The lowest BCUT2D eigenvalue weighted by Crippen LogP contribution is -2.34. The van der Waals surface area contributed by atoms with Crippen molar-refractivity contribution in [2.75, 3.05) is 6.54 Å². The van der Waals surface area contributed by atoms with E-state index in [9.17, 15) is 0 Å². The van der Waals surface area contributed by atoms with Crippen molar-refractivity contribution in [3.05, 3.63) is 33.8 Å². The lowest BCUT2D eigenvalue weighted by Gasteiger charge is -2.35. The van der Waals surface area contributed by atoms with Gasteiger partial charge in [-0.05, 0) is 74.1 Å². The van der Waals surface area contributed by atoms with Crippen LogP contribution >= 0.6 is 23.2 Å². The van der Waals surface area contributed by atoms with Crippen molar-refractivity contribution in [1.82, 2.24) is 5.32 Å². The SMILES string of the molecule is CC1CCC(CNC2CC2)C(Cc2ccc(Cl)c(Cl)c2)C1. The van der Waals surface area contributed by atoms with Crippen LogP contribution in [0.2, 0.25) is 10.0 Å². The summed E-state index contributed by atoms with van der Waals surface area (Å²) in [6.45, 7) is 3.59. The van der Waals surface area contributed by atoms with Crippen LogP contribution in [0.1, 0.15) is 44.6 Å². The van der Waals surface area contributed by atoms with Crippen LogP contribution in [0.15, 0.2) is 18.2 Å². The second kappa shape index (κ2) is 6.89. The Kier molecular flexibility index (Phi) is 5.14. The Morgan fingerprint density at radius 2 is 1.86 bits per heavy atom. The smallest absolute Gasteiger partial charge is 0.0595 e. The molecule has 0 aromatic heterocycles. The van der Waals surface area contributed by atoms with Crippen molar-refractivity contribution < 1.29 is 0 Å². The molecule has 0 bridgehead atoms. The minimum absolute atomic E-state index is 0.657. The van der Waals surface area contributed by atoms with Gasteiger partial charge in [-0.1, -0.05) is 42.6 Å². The molecule has 0 amide bonds. The molecule has 2 saturated carbocycles. The molecule has 3 unspecified atom stereocenters. The third-order valence-electron chi connectivity index (χ3n) is 5.13. The van der Waals surface area contributed by atoms with Crippen LogP contribution in [0.4, 0.5) is 0 Å². The highest BCUT2D eigenvalue weighted by Gasteiger charge is 2.30. The number of nitrogens with one attached hydrogen (secondary N) is 1. The molecule has 2 aliphatic carbocycles. The van der Waals surface area contributed by atoms with Gasteiger partial charge in [-0.25, -0.2) is 0 Å². The number of halogens is 2. The fraction of sp³-hybridized carbons (Fsp3) is 0.667. The first-order valence-corrected chi connectivity index (χ1v) is 9.04. The van der Waals surface area contributed by atoms with Crippen LogP contribution < -0.4 is 5.32 Å². The summed E-state index contributed by atoms with van der Waals surface area (Å²) in [7, 11) is 0. The monoisotopic (exact) mass is 325 g/mol. The fourth-order valence-corrected chi connectivity index (χ4v) is 3.98. The molecule has 0 radical (unpaired) electrons. The predicted molar refractivity (Wildman–Crippen MR) is 91.2 cm³/mol. The van der Waals surface area contributed by atoms with E-state index in [0.29, 0.717) is 10.0 Å². The Bertz CT molecular complexity index is 484. The van der Waals surface area contributed by atoms with E-state index in [4.69, 9.17) is 23.2 Å². The Hall–Kier alpha value is -0.240. The van der Waals surface area contributed by atoms with Crippen molar-refractivity contribution >= 4 is 23.2 Å². The van der Waals surface area contributed by atoms with Gasteiger partial charge in [-0.15, -0.1) is 0 Å². The van der Waals surface area contributed by atoms with Gasteiger partial charge in [-0.3, -0.25) is 0 Å². The van der Waals surface area contributed by atoms with Gasteiger partial charge in [-0.2, -0.15) is 0 Å². The van der Waals surface area contributed by atoms with Gasteiger partial charge in [0.1, 0.15) is 0 Å². The first-order chi connectivity index (χ1) is 10.1. The molecule has 1 aromatic rings. The second-order valence-corrected chi connectivity index (χ2v) is 7.89. The molecular formula is C18H25Cl2N. The second-order valence-electron chi connectivity index (χ2n) is 7.07. The molecule has 3 atom stereocenters. The van der Waals surface area contributed by atoms with E-state index in [1.165, 1.54) is 44.2 Å². The standard InChI is InChI=1S/C18H25Cl2N/c1-12-2-4-14(11-21-16-5-6-16)15(8-12)9-13-3-7-17(19)18(20)10-13/h3,7,10,12,14-16,21H,2,4-6,8-9,11H2,1H3. The van der Waals surface area contributed by atoms with E-state index in [-0.39, 0.29) is 0 Å². The first-order valence-electron chi connectivity index (χ1n) is 8.29. The maximum absolute atomic E-state index is 6.16. The average molecular weight is 326 g/mol. The molecule has 1 N–H and O–H groups in total. The summed E-state index contributed by atoms with van der Waals surface area (Å²) < 4.78 is 0. The van der Waals surface area contributed by atoms with Gasteiger partial charge in [0.2, 0.25) is 0 Å². The van der Waals surface area contributed by atoms with Gasteiger partial charge in [0.15, 0.2) is 0 Å². The van der Waals surface area contributed by atoms with Crippen LogP contribution in [0, 0.1) is 17.8 Å². The normalized spacial score (nSPS) is 29.6. The minimum atomic E-state index is 0.657. The van der Waals surface area contributed by atoms with E-state index in [0.717, 1.165) is 30.2 Å². The fourth-order valence-electron chi connectivity index (χ4n) is 3.66. The molecule has 2 aliphatic rings. The summed E-state index contributed by atoms with van der Waals surface area (Å²) in [4.78, 5) is 0. The third-order valence-corrected chi connectivity index (χ3v) is 5.87. The van der Waals surface area contributed by atoms with E-state index >= 15 is 0 Å². The quantitative estimate of drug-likeness (QED) is 0.770. The summed E-state index contributed by atoms with van der Waals surface area (Å²) in [5, 5.41) is 5.07. The van der Waals surface area contributed by atoms with E-state index < -0.39 is 0 Å². The molecule has 2 fully saturated rings. The molecule has 0 aliphatic heterocycles. The average Bonchev–Trinajstić information content (AvgIpc) is 3.26. The highest BCUT2D eigenvalue weighted by atomic mass is 35.5. The topological polar surface area (TPSA) is 12.0 Å². The molecule has 21 heavy (non-hydrogen) atoms. The Balaban J connectivity index is 1.64. The van der Waals surface area contributed by atoms with Gasteiger partial charge in [0.05, 0.1) is 10.0 Å². The minimum Gasteiger partial charge on any atom is -0.314 e. The largest absolute Gasteiger partial charge is 0.314 e. The van der Waals surface area contributed by atoms with E-state index in [1.807, 2.05) is 6.07 Å². The van der Waals surface area contributed by atoms with E-state index in [1.54, 1.807) is 0 Å². The molecule has 0 heterocycles. The summed E-state index contributed by atoms with van der Waals surface area (Å²) in [6, 6.07) is 6.94. The molecule has 0 spiro atoms. The number of benzene rings is 1. The molecule has 1 nitrogen and oxygen atoms in total. The third kappa shape index (κ3) is 4.37. The summed E-state index contributed by atoms with van der Waals surface area (Å²) >= 11 is 12.2. The van der Waals surface area contributed by atoms with E-state index in [2.05, 4.69) is 24.4 Å². The van der Waals surface area contributed by atoms with Crippen LogP contribution in [-0.4, -0.2) is 12.6 Å². The van der Waals surface area contributed by atoms with Crippen molar-refractivity contribution in [1.29, 1.82) is 0 Å². The van der Waals surface area contributed by atoms with Gasteiger partial charge in [0, 0.05) is 6.04 Å². The highest BCUT2D eigenvalue weighted by molar-refractivity contribution is 6.42. The van der Waals surface area contributed by atoms with Gasteiger partial charge >= 0.3 is 0 Å². The lowest BCUT2D eigenvalue weighted by atomic mass is 9.72. The molecule has 1 aromatic carbocycles. The molecular weight excluding hydrogens is 301 g/mol. The zero-order valence-electron chi connectivity index (χ0n) is 12.7. The van der Waals surface area contributed by atoms with Crippen LogP contribution in [0.5, 0.6) is 0 Å². The highest BCUT2D eigenvalue weighted by Crippen LogP contribution is 2.37. The van der Waals surface area contributed by atoms with Crippen molar-refractivity contribution in [2.24, 2.45) is 17.8 Å². The van der Waals surface area contributed by atoms with Crippen LogP contribution in [-0.2, 0) is 6.42 Å². The zero-order valence-corrected chi connectivity index (χ0v) is 14.3. The predicted octanol–water partition coefficient (Wildman–Crippen LogP) is 5.34. The Morgan fingerprint density at radius 1 is 1.05 bits per heavy atom. The first kappa shape index (κ1) is 15.6. The maximum Gasteiger partial charge on any atom is 0.0595 e. The number of hydrogen-bond acceptors (Lipinski definition) is 1. The maximum atomic E-state index is 6.16. The van der Waals surface area contributed by atoms with Crippen molar-refractivity contribution in [3.8, 4) is 0 Å². The molecule has 0 saturated heterocycles. The summed E-state index contributed by atoms with van der Waals surface area (Å²) in [5.41, 5.74) is 1.33. The van der Waals surface area contributed by atoms with Crippen molar-refractivity contribution in [2.45, 2.75) is 51.5 Å². The lowest BCUT2D eigenvalue weighted by molar-refractivity contribution is 0.183. The zero-order chi connectivity index (χ0) is 14.8. The summed E-state index contributed by atoms with van der Waals surface area (Å²) in [5.74, 6) is 2.45. The Labute approximate surface area is 138 Å². The molecule has 3 rings (SSSR count). The number of rotatable bonds is 5. The van der Waals surface area contributed by atoms with Crippen LogP contribution in [0.25, 0.3) is 0 Å². The van der Waals surface area contributed by atoms with Crippen molar-refractivity contribution in [3.63, 3.8) is 0 Å². The molecule has 3 heteroatoms. The number of hydrogen-bond donors (Lipinski definition) is 1. The van der Waals surface area contributed by atoms with Crippen LogP contribution in [0.3, 0.4) is 0 Å². The molecule has 116 valence electrons. The van der Waals surface area contributed by atoms with Gasteiger partial charge < -0.3 is 5.32 Å². The van der Waals surface area contributed by atoms with Gasteiger partial charge in [0.25, 0.3) is 0 Å².